The van der Waals surface area contributed by atoms with Crippen LogP contribution in [-0.4, -0.2) is 20.1 Å². The third kappa shape index (κ3) is 1.70. The Morgan fingerprint density at radius 1 is 1.33 bits per heavy atom. The Hall–Kier alpha value is -0.0151. The molecule has 2 atom stereocenters. The van der Waals surface area contributed by atoms with Gasteiger partial charge in [-0.3, -0.25) is 0 Å². The molecule has 0 aromatic carbocycles. The Morgan fingerprint density at radius 2 is 2.00 bits per heavy atom. The van der Waals surface area contributed by atoms with E-state index in [2.05, 4.69) is 5.23 Å². The Morgan fingerprint density at radius 3 is 2.44 bits per heavy atom. The first-order valence-corrected chi connectivity index (χ1v) is 3.56. The van der Waals surface area contributed by atoms with Crippen molar-refractivity contribution in [2.75, 3.05) is 0 Å². The minimum absolute atomic E-state index is 0.281. The molecule has 0 aliphatic heterocycles. The molecule has 2 nitrogen and oxygen atoms in total. The van der Waals surface area contributed by atoms with Crippen molar-refractivity contribution in [3.63, 3.8) is 0 Å². The van der Waals surface area contributed by atoms with E-state index in [1.807, 2.05) is 0 Å². The number of nitrogens with one attached hydrogen (secondary N) is 1. The molecule has 1 aliphatic carbocycles. The molecule has 50 valence electrons. The van der Waals surface area contributed by atoms with Gasteiger partial charge in [-0.1, -0.05) is 12.8 Å². The zero-order chi connectivity index (χ0) is 6.69. The largest absolute Gasteiger partial charge is 0.362 e. The monoisotopic (exact) mass is 124 g/mol. The second kappa shape index (κ2) is 3.23. The van der Waals surface area contributed by atoms with Gasteiger partial charge in [-0.15, -0.1) is 0 Å². The smallest absolute Gasteiger partial charge is 0.178 e. The van der Waals surface area contributed by atoms with Crippen molar-refractivity contribution in [1.29, 1.82) is 0 Å². The minimum Gasteiger partial charge on any atom is -0.362 e. The lowest BCUT2D eigenvalue weighted by molar-refractivity contribution is 0.366. The van der Waals surface area contributed by atoms with Crippen LogP contribution in [0.5, 0.6) is 0 Å². The van der Waals surface area contributed by atoms with E-state index in [1.165, 1.54) is 12.8 Å². The molecule has 0 amide bonds. The van der Waals surface area contributed by atoms with Gasteiger partial charge >= 0.3 is 0 Å². The van der Waals surface area contributed by atoms with Gasteiger partial charge in [-0.25, -0.2) is 0 Å². The van der Waals surface area contributed by atoms with E-state index in [-0.39, 0.29) is 6.04 Å². The molecular weight excluding hydrogens is 111 g/mol. The molecule has 0 bridgehead atoms. The molecule has 2 radical (unpaired) electrons. The molecule has 3 N–H and O–H groups in total. The van der Waals surface area contributed by atoms with Crippen LogP contribution >= 0.6 is 0 Å². The SMILES string of the molecule is [B]NC1CCCCC1N. The maximum absolute atomic E-state index is 5.75. The van der Waals surface area contributed by atoms with E-state index in [0.29, 0.717) is 6.04 Å². The van der Waals surface area contributed by atoms with Crippen LogP contribution in [-0.2, 0) is 0 Å². The van der Waals surface area contributed by atoms with E-state index in [4.69, 9.17) is 13.7 Å². The molecule has 9 heavy (non-hydrogen) atoms. The third-order valence-electron chi connectivity index (χ3n) is 2.03. The molecule has 1 saturated carbocycles. The van der Waals surface area contributed by atoms with Crippen molar-refractivity contribution in [3.8, 4) is 0 Å². The summed E-state index contributed by atoms with van der Waals surface area (Å²) in [5.74, 6) is 0. The molecule has 1 aliphatic rings. The van der Waals surface area contributed by atoms with Crippen molar-refractivity contribution >= 4 is 7.98 Å². The first-order valence-electron chi connectivity index (χ1n) is 3.56. The average molecular weight is 124 g/mol. The molecule has 0 aromatic heterocycles. The molecule has 0 aromatic rings. The summed E-state index contributed by atoms with van der Waals surface area (Å²) in [6.45, 7) is 0. The van der Waals surface area contributed by atoms with Crippen molar-refractivity contribution in [1.82, 2.24) is 5.23 Å². The molecular formula is C6H13BN2. The Bertz CT molecular complexity index is 87.1. The lowest BCUT2D eigenvalue weighted by Gasteiger charge is -2.28. The fourth-order valence-electron chi connectivity index (χ4n) is 1.37. The fourth-order valence-corrected chi connectivity index (χ4v) is 1.37. The molecule has 1 fully saturated rings. The maximum atomic E-state index is 5.75. The fraction of sp³-hybridized carbons (Fsp3) is 1.00. The molecule has 3 heteroatoms. The lowest BCUT2D eigenvalue weighted by atomic mass is 9.90. The Balaban J connectivity index is 2.30. The van der Waals surface area contributed by atoms with Crippen molar-refractivity contribution in [2.24, 2.45) is 5.73 Å². The van der Waals surface area contributed by atoms with Gasteiger partial charge in [-0.2, -0.15) is 0 Å². The highest BCUT2D eigenvalue weighted by Gasteiger charge is 2.18. The van der Waals surface area contributed by atoms with Crippen LogP contribution in [0.3, 0.4) is 0 Å². The van der Waals surface area contributed by atoms with Crippen LogP contribution in [0.2, 0.25) is 0 Å². The van der Waals surface area contributed by atoms with E-state index in [1.54, 1.807) is 0 Å². The van der Waals surface area contributed by atoms with Gasteiger partial charge in [0.2, 0.25) is 0 Å². The first kappa shape index (κ1) is 7.10. The Labute approximate surface area is 57.6 Å². The highest BCUT2D eigenvalue weighted by molar-refractivity contribution is 6.04. The minimum atomic E-state index is 0.281. The second-order valence-electron chi connectivity index (χ2n) is 2.72. The summed E-state index contributed by atoms with van der Waals surface area (Å²) in [5.41, 5.74) is 5.75. The van der Waals surface area contributed by atoms with E-state index < -0.39 is 0 Å². The predicted molar refractivity (Wildman–Crippen MR) is 39.1 cm³/mol. The summed E-state index contributed by atoms with van der Waals surface area (Å²) in [4.78, 5) is 0. The van der Waals surface area contributed by atoms with E-state index in [0.717, 1.165) is 12.8 Å². The quantitative estimate of drug-likeness (QED) is 0.480. The topological polar surface area (TPSA) is 38.0 Å². The zero-order valence-electron chi connectivity index (χ0n) is 5.64. The number of rotatable bonds is 1. The summed E-state index contributed by atoms with van der Waals surface area (Å²) >= 11 is 0. The third-order valence-corrected chi connectivity index (χ3v) is 2.03. The summed E-state index contributed by atoms with van der Waals surface area (Å²) in [6, 6.07) is 0.641. The highest BCUT2D eigenvalue weighted by Crippen LogP contribution is 2.15. The van der Waals surface area contributed by atoms with Crippen LogP contribution in [0, 0.1) is 0 Å². The molecule has 0 heterocycles. The van der Waals surface area contributed by atoms with Crippen molar-refractivity contribution in [3.05, 3.63) is 0 Å². The summed E-state index contributed by atoms with van der Waals surface area (Å²) < 4.78 is 0. The van der Waals surface area contributed by atoms with Gasteiger partial charge in [0.25, 0.3) is 0 Å². The van der Waals surface area contributed by atoms with Crippen molar-refractivity contribution < 1.29 is 0 Å². The van der Waals surface area contributed by atoms with Gasteiger partial charge in [0.15, 0.2) is 7.98 Å². The molecule has 2 unspecified atom stereocenters. The normalized spacial score (nSPS) is 36.6. The second-order valence-corrected chi connectivity index (χ2v) is 2.72. The first-order chi connectivity index (χ1) is 4.34. The summed E-state index contributed by atoms with van der Waals surface area (Å²) in [7, 11) is 5.26. The summed E-state index contributed by atoms with van der Waals surface area (Å²) in [5, 5.41) is 2.73. The standard InChI is InChI=1S/C6H13BN2/c7-9-6-4-2-1-3-5(6)8/h5-6,9H,1-4,8H2. The highest BCUT2D eigenvalue weighted by atomic mass is 14.9. The van der Waals surface area contributed by atoms with E-state index in [9.17, 15) is 0 Å². The molecule has 0 saturated heterocycles. The Kier molecular flexibility index (Phi) is 2.55. The maximum Gasteiger partial charge on any atom is 0.178 e. The van der Waals surface area contributed by atoms with Crippen LogP contribution in [0.4, 0.5) is 0 Å². The number of nitrogens with two attached hydrogens (primary N) is 1. The van der Waals surface area contributed by atoms with Crippen LogP contribution in [0.25, 0.3) is 0 Å². The van der Waals surface area contributed by atoms with Crippen LogP contribution < -0.4 is 11.0 Å². The number of hydrogen-bond acceptors (Lipinski definition) is 2. The molecule has 0 spiro atoms. The predicted octanol–water partition coefficient (Wildman–Crippen LogP) is -0.0706. The van der Waals surface area contributed by atoms with Crippen LogP contribution in [0.15, 0.2) is 0 Å². The van der Waals surface area contributed by atoms with Crippen LogP contribution in [0.1, 0.15) is 25.7 Å². The summed E-state index contributed by atoms with van der Waals surface area (Å²) in [6.07, 6.45) is 4.79. The van der Waals surface area contributed by atoms with Gasteiger partial charge in [0, 0.05) is 12.1 Å². The van der Waals surface area contributed by atoms with E-state index >= 15 is 0 Å². The van der Waals surface area contributed by atoms with Gasteiger partial charge in [-0.05, 0) is 12.8 Å². The van der Waals surface area contributed by atoms with Gasteiger partial charge < -0.3 is 11.0 Å². The number of hydrogen-bond donors (Lipinski definition) is 2. The average Bonchev–Trinajstić information content (AvgIpc) is 1.89. The lowest BCUT2D eigenvalue weighted by Crippen LogP contribution is -2.45. The van der Waals surface area contributed by atoms with Gasteiger partial charge in [0.1, 0.15) is 0 Å². The van der Waals surface area contributed by atoms with Crippen molar-refractivity contribution in [2.45, 2.75) is 37.8 Å². The molecule has 1 rings (SSSR count). The van der Waals surface area contributed by atoms with Gasteiger partial charge in [0.05, 0.1) is 0 Å². The zero-order valence-corrected chi connectivity index (χ0v) is 5.64.